The lowest BCUT2D eigenvalue weighted by Gasteiger charge is -1.95. The highest BCUT2D eigenvalue weighted by molar-refractivity contribution is 7.17. The molecule has 0 amide bonds. The van der Waals surface area contributed by atoms with Crippen molar-refractivity contribution in [3.63, 3.8) is 0 Å². The molecule has 0 N–H and O–H groups in total. The van der Waals surface area contributed by atoms with Gasteiger partial charge in [-0.05, 0) is 30.4 Å². The van der Waals surface area contributed by atoms with Crippen molar-refractivity contribution >= 4 is 40.9 Å². The number of nitrogens with zero attached hydrogens (tertiary/aromatic N) is 5. The minimum Gasteiger partial charge on any atom is -0.265 e. The highest BCUT2D eigenvalue weighted by Crippen LogP contribution is 2.22. The van der Waals surface area contributed by atoms with Gasteiger partial charge in [0.2, 0.25) is 4.96 Å². The Hall–Kier alpha value is -2.64. The Labute approximate surface area is 146 Å². The van der Waals surface area contributed by atoms with Crippen LogP contribution in [-0.2, 0) is 0 Å². The molecule has 0 fully saturated rings. The normalized spacial score (nSPS) is 11.0. The Morgan fingerprint density at radius 2 is 1.79 bits per heavy atom. The third-order valence-electron chi connectivity index (χ3n) is 3.26. The number of rotatable bonds is 3. The molecule has 0 atom stereocenters. The zero-order valence-electron chi connectivity index (χ0n) is 12.2. The zero-order valence-corrected chi connectivity index (χ0v) is 13.8. The fourth-order valence-corrected chi connectivity index (χ4v) is 2.89. The molecular formula is C16H11ClFN5S. The number of aromatic nitrogens is 5. The molecule has 0 aliphatic heterocycles. The van der Waals surface area contributed by atoms with E-state index in [2.05, 4.69) is 20.3 Å². The molecule has 0 saturated heterocycles. The van der Waals surface area contributed by atoms with Crippen molar-refractivity contribution in [2.45, 2.75) is 0 Å². The Morgan fingerprint density at radius 1 is 1.00 bits per heavy atom. The molecule has 3 aromatic heterocycles. The van der Waals surface area contributed by atoms with Crippen LogP contribution in [0.15, 0.2) is 48.8 Å². The van der Waals surface area contributed by atoms with Gasteiger partial charge >= 0.3 is 0 Å². The number of halogens is 2. The van der Waals surface area contributed by atoms with Crippen LogP contribution in [0.5, 0.6) is 0 Å². The van der Waals surface area contributed by atoms with Gasteiger partial charge < -0.3 is 0 Å². The van der Waals surface area contributed by atoms with Gasteiger partial charge in [0.05, 0.1) is 0 Å². The Morgan fingerprint density at radius 3 is 2.58 bits per heavy atom. The van der Waals surface area contributed by atoms with Crippen LogP contribution in [0.25, 0.3) is 28.5 Å². The van der Waals surface area contributed by atoms with Crippen molar-refractivity contribution in [3.8, 4) is 11.4 Å². The summed E-state index contributed by atoms with van der Waals surface area (Å²) in [5.74, 6) is 0.397. The quantitative estimate of drug-likeness (QED) is 0.555. The van der Waals surface area contributed by atoms with E-state index in [4.69, 9.17) is 0 Å². The maximum absolute atomic E-state index is 13.6. The van der Waals surface area contributed by atoms with Crippen molar-refractivity contribution < 1.29 is 4.39 Å². The minimum atomic E-state index is -0.260. The van der Waals surface area contributed by atoms with E-state index < -0.39 is 0 Å². The lowest BCUT2D eigenvalue weighted by molar-refractivity contribution is 0.625. The number of hydrogen-bond acceptors (Lipinski definition) is 5. The van der Waals surface area contributed by atoms with E-state index >= 15 is 0 Å². The molecule has 0 spiro atoms. The van der Waals surface area contributed by atoms with E-state index in [1.165, 1.54) is 17.4 Å². The van der Waals surface area contributed by atoms with Crippen LogP contribution < -0.4 is 0 Å². The van der Waals surface area contributed by atoms with Gasteiger partial charge in [0.1, 0.15) is 10.8 Å². The lowest BCUT2D eigenvalue weighted by atomic mass is 10.2. The average molecular weight is 360 g/mol. The van der Waals surface area contributed by atoms with Crippen LogP contribution in [-0.4, -0.2) is 24.8 Å². The van der Waals surface area contributed by atoms with E-state index in [0.717, 1.165) is 10.6 Å². The monoisotopic (exact) mass is 359 g/mol. The molecule has 0 aliphatic carbocycles. The maximum atomic E-state index is 13.6. The Balaban J connectivity index is 0.00000169. The molecule has 5 nitrogen and oxygen atoms in total. The zero-order chi connectivity index (χ0) is 15.6. The second-order valence-corrected chi connectivity index (χ2v) is 5.74. The van der Waals surface area contributed by atoms with Crippen molar-refractivity contribution in [2.75, 3.05) is 0 Å². The highest BCUT2D eigenvalue weighted by Gasteiger charge is 2.12. The summed E-state index contributed by atoms with van der Waals surface area (Å²) < 4.78 is 15.3. The van der Waals surface area contributed by atoms with Gasteiger partial charge in [0, 0.05) is 23.5 Å². The molecule has 1 aromatic carbocycles. The molecule has 0 bridgehead atoms. The topological polar surface area (TPSA) is 56.0 Å². The first-order chi connectivity index (χ1) is 11.3. The summed E-state index contributed by atoms with van der Waals surface area (Å²) in [7, 11) is 0. The molecular weight excluding hydrogens is 349 g/mol. The van der Waals surface area contributed by atoms with Crippen molar-refractivity contribution in [1.82, 2.24) is 24.8 Å². The third-order valence-corrected chi connectivity index (χ3v) is 4.12. The van der Waals surface area contributed by atoms with Crippen LogP contribution in [0.1, 0.15) is 10.6 Å². The smallest absolute Gasteiger partial charge is 0.235 e. The maximum Gasteiger partial charge on any atom is 0.235 e. The number of benzene rings is 1. The van der Waals surface area contributed by atoms with E-state index in [1.807, 2.05) is 12.1 Å². The Kier molecular flexibility index (Phi) is 4.64. The van der Waals surface area contributed by atoms with Crippen LogP contribution >= 0.6 is 23.7 Å². The number of pyridine rings is 1. The van der Waals surface area contributed by atoms with Crippen molar-refractivity contribution in [2.24, 2.45) is 0 Å². The summed E-state index contributed by atoms with van der Waals surface area (Å²) in [6.45, 7) is 0. The fourth-order valence-electron chi connectivity index (χ4n) is 2.15. The molecule has 0 radical (unpaired) electrons. The molecule has 0 saturated carbocycles. The third kappa shape index (κ3) is 3.04. The first kappa shape index (κ1) is 16.2. The minimum absolute atomic E-state index is 0. The van der Waals surface area contributed by atoms with Crippen LogP contribution in [0.3, 0.4) is 0 Å². The largest absolute Gasteiger partial charge is 0.265 e. The van der Waals surface area contributed by atoms with Gasteiger partial charge in [-0.25, -0.2) is 4.39 Å². The molecule has 0 aliphatic rings. The first-order valence-electron chi connectivity index (χ1n) is 6.86. The van der Waals surface area contributed by atoms with E-state index in [1.54, 1.807) is 47.3 Å². The molecule has 0 unspecified atom stereocenters. The second kappa shape index (κ2) is 6.86. The molecule has 4 rings (SSSR count). The van der Waals surface area contributed by atoms with Crippen LogP contribution in [0.4, 0.5) is 4.39 Å². The van der Waals surface area contributed by atoms with Crippen molar-refractivity contribution in [1.29, 1.82) is 0 Å². The van der Waals surface area contributed by atoms with Crippen molar-refractivity contribution in [3.05, 3.63) is 65.2 Å². The fraction of sp³-hybridized carbons (Fsp3) is 0. The van der Waals surface area contributed by atoms with Gasteiger partial charge in [-0.3, -0.25) is 4.98 Å². The van der Waals surface area contributed by atoms with Crippen LogP contribution in [0, 0.1) is 5.82 Å². The summed E-state index contributed by atoms with van der Waals surface area (Å²) in [4.78, 5) is 4.68. The molecule has 8 heteroatoms. The predicted octanol–water partition coefficient (Wildman–Crippen LogP) is 3.98. The molecule has 3 heterocycles. The van der Waals surface area contributed by atoms with E-state index in [-0.39, 0.29) is 18.2 Å². The van der Waals surface area contributed by atoms with Gasteiger partial charge in [-0.2, -0.15) is 9.61 Å². The Bertz CT molecular complexity index is 996. The summed E-state index contributed by atoms with van der Waals surface area (Å²) in [5, 5.41) is 13.5. The molecule has 4 aromatic rings. The number of hydrogen-bond donors (Lipinski definition) is 0. The number of fused-ring (bicyclic) bond motifs is 1. The van der Waals surface area contributed by atoms with Crippen LogP contribution in [0.2, 0.25) is 0 Å². The van der Waals surface area contributed by atoms with Gasteiger partial charge in [0.25, 0.3) is 0 Å². The van der Waals surface area contributed by atoms with E-state index in [9.17, 15) is 4.39 Å². The van der Waals surface area contributed by atoms with Gasteiger partial charge in [-0.1, -0.05) is 29.5 Å². The lowest BCUT2D eigenvalue weighted by Crippen LogP contribution is -1.90. The summed E-state index contributed by atoms with van der Waals surface area (Å²) in [6.07, 6.45) is 6.87. The SMILES string of the molecule is Cl.Fc1ccccc1/C=C/c1nn2c(-c3ccncc3)nnc2s1. The average Bonchev–Trinajstić information content (AvgIpc) is 3.15. The molecule has 120 valence electrons. The summed E-state index contributed by atoms with van der Waals surface area (Å²) in [5.41, 5.74) is 1.41. The molecule has 24 heavy (non-hydrogen) atoms. The summed E-state index contributed by atoms with van der Waals surface area (Å²) in [6, 6.07) is 10.3. The van der Waals surface area contributed by atoms with E-state index in [0.29, 0.717) is 16.3 Å². The highest BCUT2D eigenvalue weighted by atomic mass is 35.5. The van der Waals surface area contributed by atoms with Gasteiger partial charge in [0.15, 0.2) is 5.82 Å². The summed E-state index contributed by atoms with van der Waals surface area (Å²) >= 11 is 1.39. The predicted molar refractivity (Wildman–Crippen MR) is 94.5 cm³/mol. The second-order valence-electron chi connectivity index (χ2n) is 4.75. The van der Waals surface area contributed by atoms with Gasteiger partial charge in [-0.15, -0.1) is 22.6 Å². The standard InChI is InChI=1S/C16H10FN5S.ClH/c17-13-4-2-1-3-11(13)5-6-14-21-22-15(19-20-16(22)23-14)12-7-9-18-10-8-12;/h1-10H;1H/b6-5+;. The first-order valence-corrected chi connectivity index (χ1v) is 7.68.